The fourth-order valence-electron chi connectivity index (χ4n) is 1.62. The molecule has 0 bridgehead atoms. The number of benzene rings is 2. The Balaban J connectivity index is 2.41. The normalized spacial score (nSPS) is 11.4. The van der Waals surface area contributed by atoms with Gasteiger partial charge in [0.1, 0.15) is 5.82 Å². The zero-order valence-electron chi connectivity index (χ0n) is 10.5. The molecule has 8 heteroatoms. The van der Waals surface area contributed by atoms with Crippen molar-refractivity contribution in [3.05, 3.63) is 56.7 Å². The second kappa shape index (κ2) is 6.43. The third-order valence-electron chi connectivity index (χ3n) is 2.67. The Hall–Kier alpha value is -0.960. The van der Waals surface area contributed by atoms with Gasteiger partial charge in [-0.15, -0.1) is 0 Å². The first-order valence-corrected chi connectivity index (χ1v) is 8.77. The highest BCUT2D eigenvalue weighted by Crippen LogP contribution is 2.28. The Morgan fingerprint density at radius 3 is 2.52 bits per heavy atom. The summed E-state index contributed by atoms with van der Waals surface area (Å²) < 4.78 is 41.6. The number of hydrogen-bond acceptors (Lipinski definition) is 3. The van der Waals surface area contributed by atoms with E-state index in [9.17, 15) is 12.8 Å². The van der Waals surface area contributed by atoms with Gasteiger partial charge in [0.15, 0.2) is 0 Å². The van der Waals surface area contributed by atoms with Gasteiger partial charge < -0.3 is 5.11 Å². The summed E-state index contributed by atoms with van der Waals surface area (Å²) in [6.45, 7) is -0.574. The van der Waals surface area contributed by atoms with Crippen LogP contribution in [0.15, 0.2) is 50.2 Å². The van der Waals surface area contributed by atoms with Gasteiger partial charge in [-0.1, -0.05) is 15.9 Å². The SMILES string of the molecule is O=S(=O)(Nc1cc(Br)ccc1Br)c1ccc(F)c(CO)c1. The van der Waals surface area contributed by atoms with Crippen molar-refractivity contribution in [3.8, 4) is 0 Å². The van der Waals surface area contributed by atoms with Crippen LogP contribution in [0.25, 0.3) is 0 Å². The van der Waals surface area contributed by atoms with Crippen molar-refractivity contribution < 1.29 is 17.9 Å². The number of hydrogen-bond donors (Lipinski definition) is 2. The first kappa shape index (κ1) is 16.4. The maximum absolute atomic E-state index is 13.3. The molecule has 2 rings (SSSR count). The number of sulfonamides is 1. The van der Waals surface area contributed by atoms with Crippen LogP contribution in [0.4, 0.5) is 10.1 Å². The monoisotopic (exact) mass is 437 g/mol. The zero-order chi connectivity index (χ0) is 15.6. The van der Waals surface area contributed by atoms with E-state index in [0.29, 0.717) is 14.6 Å². The minimum absolute atomic E-state index is 0.0776. The molecule has 2 aromatic rings. The summed E-state index contributed by atoms with van der Waals surface area (Å²) in [6.07, 6.45) is 0. The molecule has 0 heterocycles. The van der Waals surface area contributed by atoms with Crippen molar-refractivity contribution in [1.82, 2.24) is 0 Å². The highest BCUT2D eigenvalue weighted by Gasteiger charge is 2.17. The minimum Gasteiger partial charge on any atom is -0.392 e. The molecule has 0 unspecified atom stereocenters. The average molecular weight is 439 g/mol. The third kappa shape index (κ3) is 3.82. The number of halogens is 3. The van der Waals surface area contributed by atoms with Crippen LogP contribution in [0.5, 0.6) is 0 Å². The van der Waals surface area contributed by atoms with Crippen LogP contribution in [0, 0.1) is 5.82 Å². The van der Waals surface area contributed by atoms with E-state index < -0.39 is 22.4 Å². The molecule has 0 aliphatic heterocycles. The van der Waals surface area contributed by atoms with E-state index in [2.05, 4.69) is 36.6 Å². The van der Waals surface area contributed by atoms with Gasteiger partial charge in [-0.25, -0.2) is 12.8 Å². The number of anilines is 1. The molecule has 0 aromatic heterocycles. The highest BCUT2D eigenvalue weighted by atomic mass is 79.9. The van der Waals surface area contributed by atoms with E-state index in [0.717, 1.165) is 18.2 Å². The van der Waals surface area contributed by atoms with E-state index in [1.807, 2.05) is 0 Å². The maximum atomic E-state index is 13.3. The molecule has 0 fully saturated rings. The van der Waals surface area contributed by atoms with Crippen molar-refractivity contribution in [2.75, 3.05) is 4.72 Å². The lowest BCUT2D eigenvalue weighted by molar-refractivity contribution is 0.275. The van der Waals surface area contributed by atoms with Gasteiger partial charge in [-0.05, 0) is 52.3 Å². The molecule has 0 spiro atoms. The molecule has 0 atom stereocenters. The quantitative estimate of drug-likeness (QED) is 0.765. The van der Waals surface area contributed by atoms with Crippen molar-refractivity contribution >= 4 is 47.6 Å². The molecule has 0 saturated carbocycles. The predicted molar refractivity (Wildman–Crippen MR) is 85.0 cm³/mol. The summed E-state index contributed by atoms with van der Waals surface area (Å²) >= 11 is 6.50. The molecule has 0 aliphatic carbocycles. The number of rotatable bonds is 4. The summed E-state index contributed by atoms with van der Waals surface area (Å²) in [7, 11) is -3.88. The van der Waals surface area contributed by atoms with Gasteiger partial charge in [0.2, 0.25) is 0 Å². The lowest BCUT2D eigenvalue weighted by Gasteiger charge is -2.11. The summed E-state index contributed by atoms with van der Waals surface area (Å²) in [4.78, 5) is -0.125. The van der Waals surface area contributed by atoms with Crippen LogP contribution in [0.2, 0.25) is 0 Å². The van der Waals surface area contributed by atoms with Crippen LogP contribution in [0.3, 0.4) is 0 Å². The Labute approximate surface area is 138 Å². The lowest BCUT2D eigenvalue weighted by atomic mass is 10.2. The smallest absolute Gasteiger partial charge is 0.261 e. The third-order valence-corrected chi connectivity index (χ3v) is 5.22. The van der Waals surface area contributed by atoms with Crippen LogP contribution in [-0.4, -0.2) is 13.5 Å². The Bertz CT molecular complexity index is 781. The van der Waals surface area contributed by atoms with E-state index in [-0.39, 0.29) is 10.5 Å². The Morgan fingerprint density at radius 1 is 1.14 bits per heavy atom. The molecule has 0 aliphatic rings. The van der Waals surface area contributed by atoms with Crippen molar-refractivity contribution in [3.63, 3.8) is 0 Å². The number of nitrogens with one attached hydrogen (secondary N) is 1. The van der Waals surface area contributed by atoms with E-state index in [4.69, 9.17) is 5.11 Å². The molecular formula is C13H10Br2FNO3S. The summed E-state index contributed by atoms with van der Waals surface area (Å²) in [5.41, 5.74) is 0.269. The highest BCUT2D eigenvalue weighted by molar-refractivity contribution is 9.11. The molecule has 4 nitrogen and oxygen atoms in total. The van der Waals surface area contributed by atoms with E-state index >= 15 is 0 Å². The minimum atomic E-state index is -3.88. The van der Waals surface area contributed by atoms with Gasteiger partial charge in [-0.2, -0.15) is 0 Å². The molecule has 2 aromatic carbocycles. The second-order valence-corrected chi connectivity index (χ2v) is 7.59. The maximum Gasteiger partial charge on any atom is 0.261 e. The van der Waals surface area contributed by atoms with Crippen LogP contribution in [-0.2, 0) is 16.6 Å². The summed E-state index contributed by atoms with van der Waals surface area (Å²) in [5, 5.41) is 9.01. The van der Waals surface area contributed by atoms with Crippen molar-refractivity contribution in [2.45, 2.75) is 11.5 Å². The van der Waals surface area contributed by atoms with Crippen LogP contribution in [0.1, 0.15) is 5.56 Å². The topological polar surface area (TPSA) is 66.4 Å². The molecule has 2 N–H and O–H groups in total. The molecule has 0 radical (unpaired) electrons. The Morgan fingerprint density at radius 2 is 1.86 bits per heavy atom. The van der Waals surface area contributed by atoms with E-state index in [1.165, 1.54) is 0 Å². The zero-order valence-corrected chi connectivity index (χ0v) is 14.5. The second-order valence-electron chi connectivity index (χ2n) is 4.14. The first-order chi connectivity index (χ1) is 9.83. The molecule has 0 amide bonds. The standard InChI is InChI=1S/C13H10Br2FNO3S/c14-9-1-3-11(15)13(6-9)17-21(19,20)10-2-4-12(16)8(5-10)7-18/h1-6,17-18H,7H2. The van der Waals surface area contributed by atoms with Crippen LogP contribution < -0.4 is 4.72 Å². The van der Waals surface area contributed by atoms with Gasteiger partial charge in [-0.3, -0.25) is 4.72 Å². The largest absolute Gasteiger partial charge is 0.392 e. The number of aliphatic hydroxyl groups is 1. The van der Waals surface area contributed by atoms with Gasteiger partial charge >= 0.3 is 0 Å². The van der Waals surface area contributed by atoms with Gasteiger partial charge in [0.25, 0.3) is 10.0 Å². The van der Waals surface area contributed by atoms with Gasteiger partial charge in [0, 0.05) is 14.5 Å². The van der Waals surface area contributed by atoms with Crippen molar-refractivity contribution in [1.29, 1.82) is 0 Å². The first-order valence-electron chi connectivity index (χ1n) is 5.70. The molecular weight excluding hydrogens is 429 g/mol. The molecule has 112 valence electrons. The fraction of sp³-hybridized carbons (Fsp3) is 0.0769. The van der Waals surface area contributed by atoms with Crippen molar-refractivity contribution in [2.24, 2.45) is 0 Å². The summed E-state index contributed by atoms with van der Waals surface area (Å²) in [6, 6.07) is 8.29. The fourth-order valence-corrected chi connectivity index (χ4v) is 3.58. The lowest BCUT2D eigenvalue weighted by Crippen LogP contribution is -2.14. The molecule has 0 saturated heterocycles. The Kier molecular flexibility index (Phi) is 5.03. The van der Waals surface area contributed by atoms with E-state index in [1.54, 1.807) is 18.2 Å². The molecule has 21 heavy (non-hydrogen) atoms. The van der Waals surface area contributed by atoms with Gasteiger partial charge in [0.05, 0.1) is 17.2 Å². The average Bonchev–Trinajstić information content (AvgIpc) is 2.43. The summed E-state index contributed by atoms with van der Waals surface area (Å²) in [5.74, 6) is -0.653. The van der Waals surface area contributed by atoms with Crippen LogP contribution >= 0.6 is 31.9 Å². The number of aliphatic hydroxyl groups excluding tert-OH is 1. The predicted octanol–water partition coefficient (Wildman–Crippen LogP) is 3.64.